The van der Waals surface area contributed by atoms with E-state index >= 15 is 0 Å². The minimum atomic E-state index is -4.68. The number of hydrazone groups is 1. The Bertz CT molecular complexity index is 1560. The van der Waals surface area contributed by atoms with Crippen molar-refractivity contribution in [3.05, 3.63) is 118 Å². The van der Waals surface area contributed by atoms with Gasteiger partial charge in [0.15, 0.2) is 23.0 Å². The van der Waals surface area contributed by atoms with Gasteiger partial charge in [0.25, 0.3) is 5.91 Å². The lowest BCUT2D eigenvalue weighted by Crippen LogP contribution is -2.22. The van der Waals surface area contributed by atoms with E-state index in [-0.39, 0.29) is 23.1 Å². The van der Waals surface area contributed by atoms with E-state index in [0.29, 0.717) is 23.7 Å². The molecule has 0 heterocycles. The molecule has 0 spiro atoms. The van der Waals surface area contributed by atoms with Crippen LogP contribution >= 0.6 is 11.6 Å². The molecule has 0 radical (unpaired) electrons. The van der Waals surface area contributed by atoms with Crippen LogP contribution in [0.3, 0.4) is 0 Å². The number of hydrogen-bond acceptors (Lipinski definition) is 6. The Labute approximate surface area is 245 Å². The zero-order valence-corrected chi connectivity index (χ0v) is 23.3. The molecule has 0 aliphatic carbocycles. The summed E-state index contributed by atoms with van der Waals surface area (Å²) in [6.45, 7) is 0.521. The van der Waals surface area contributed by atoms with E-state index in [9.17, 15) is 18.0 Å². The Kier molecular flexibility index (Phi) is 9.93. The summed E-state index contributed by atoms with van der Waals surface area (Å²) < 4.78 is 62.4. The maximum atomic E-state index is 13.2. The van der Waals surface area contributed by atoms with E-state index in [1.807, 2.05) is 36.4 Å². The second-order valence-corrected chi connectivity index (χ2v) is 9.23. The number of ether oxygens (including phenoxy) is 4. The molecule has 1 amide bonds. The van der Waals surface area contributed by atoms with Crippen LogP contribution < -0.4 is 24.4 Å². The third-order valence-electron chi connectivity index (χ3n) is 5.96. The standard InChI is InChI=1S/C31H26ClF3N2O5/c1-39-27-15-21(12-13-26(27)41-18-20-8-4-3-5-9-20)19-42-29-25(32)14-22(16-28(29)40-2)17-36-37-30(38)23-10-6-7-11-24(23)31(33,34)35/h3-17H,18-19H2,1-2H3,(H,37,38)/b36-17+. The average molecular weight is 599 g/mol. The lowest BCUT2D eigenvalue weighted by molar-refractivity contribution is -0.137. The lowest BCUT2D eigenvalue weighted by atomic mass is 10.1. The lowest BCUT2D eigenvalue weighted by Gasteiger charge is -2.15. The second-order valence-electron chi connectivity index (χ2n) is 8.82. The summed E-state index contributed by atoms with van der Waals surface area (Å²) in [5, 5.41) is 3.96. The molecule has 0 bridgehead atoms. The minimum absolute atomic E-state index is 0.132. The highest BCUT2D eigenvalue weighted by molar-refractivity contribution is 6.32. The first-order chi connectivity index (χ1) is 20.2. The van der Waals surface area contributed by atoms with E-state index in [4.69, 9.17) is 30.5 Å². The van der Waals surface area contributed by atoms with Gasteiger partial charge in [0.2, 0.25) is 0 Å². The average Bonchev–Trinajstić information content (AvgIpc) is 2.99. The number of nitrogens with zero attached hydrogens (tertiary/aromatic N) is 1. The Hall–Kier alpha value is -4.70. The number of carbonyl (C=O) groups excluding carboxylic acids is 1. The number of methoxy groups -OCH3 is 2. The minimum Gasteiger partial charge on any atom is -0.493 e. The fourth-order valence-corrected chi connectivity index (χ4v) is 4.19. The Morgan fingerprint density at radius 2 is 1.52 bits per heavy atom. The predicted molar refractivity (Wildman–Crippen MR) is 153 cm³/mol. The van der Waals surface area contributed by atoms with Crippen molar-refractivity contribution in [2.45, 2.75) is 19.4 Å². The van der Waals surface area contributed by atoms with Gasteiger partial charge < -0.3 is 18.9 Å². The molecule has 4 aromatic carbocycles. The molecule has 218 valence electrons. The highest BCUT2D eigenvalue weighted by Gasteiger charge is 2.34. The van der Waals surface area contributed by atoms with Crippen molar-refractivity contribution in [3.63, 3.8) is 0 Å². The first-order valence-electron chi connectivity index (χ1n) is 12.5. The highest BCUT2D eigenvalue weighted by Crippen LogP contribution is 2.37. The van der Waals surface area contributed by atoms with E-state index in [0.717, 1.165) is 23.3 Å². The SMILES string of the molecule is COc1cc(COc2c(Cl)cc(/C=N/NC(=O)c3ccccc3C(F)(F)F)cc2OC)ccc1OCc1ccccc1. The molecule has 0 aliphatic rings. The summed E-state index contributed by atoms with van der Waals surface area (Å²) in [6, 6.07) is 22.7. The topological polar surface area (TPSA) is 78.4 Å². The van der Waals surface area contributed by atoms with Crippen LogP contribution in [0.25, 0.3) is 0 Å². The van der Waals surface area contributed by atoms with Gasteiger partial charge in [-0.2, -0.15) is 18.3 Å². The summed E-state index contributed by atoms with van der Waals surface area (Å²) >= 11 is 6.45. The fraction of sp³-hybridized carbons (Fsp3) is 0.161. The van der Waals surface area contributed by atoms with Gasteiger partial charge in [-0.15, -0.1) is 0 Å². The molecular formula is C31H26ClF3N2O5. The van der Waals surface area contributed by atoms with Crippen LogP contribution in [0.15, 0.2) is 90.0 Å². The number of halogens is 4. The quantitative estimate of drug-likeness (QED) is 0.145. The highest BCUT2D eigenvalue weighted by atomic mass is 35.5. The third-order valence-corrected chi connectivity index (χ3v) is 6.24. The van der Waals surface area contributed by atoms with Crippen LogP contribution in [0.4, 0.5) is 13.2 Å². The Morgan fingerprint density at radius 3 is 2.24 bits per heavy atom. The molecule has 42 heavy (non-hydrogen) atoms. The van der Waals surface area contributed by atoms with Crippen molar-refractivity contribution >= 4 is 23.7 Å². The second kappa shape index (κ2) is 13.8. The van der Waals surface area contributed by atoms with Crippen LogP contribution in [-0.2, 0) is 19.4 Å². The van der Waals surface area contributed by atoms with Crippen molar-refractivity contribution in [2.24, 2.45) is 5.10 Å². The van der Waals surface area contributed by atoms with Crippen molar-refractivity contribution < 1.29 is 36.9 Å². The normalized spacial score (nSPS) is 11.3. The molecular weight excluding hydrogens is 573 g/mol. The molecule has 4 aromatic rings. The first-order valence-corrected chi connectivity index (χ1v) is 12.9. The maximum Gasteiger partial charge on any atom is 0.417 e. The van der Waals surface area contributed by atoms with E-state index < -0.39 is 23.2 Å². The van der Waals surface area contributed by atoms with Crippen molar-refractivity contribution in [1.29, 1.82) is 0 Å². The first kappa shape index (κ1) is 30.3. The van der Waals surface area contributed by atoms with E-state index in [2.05, 4.69) is 10.5 Å². The summed E-state index contributed by atoms with van der Waals surface area (Å²) in [7, 11) is 2.98. The maximum absolute atomic E-state index is 13.2. The van der Waals surface area contributed by atoms with Crippen LogP contribution in [0, 0.1) is 0 Å². The Balaban J connectivity index is 1.41. The van der Waals surface area contributed by atoms with Crippen LogP contribution in [0.5, 0.6) is 23.0 Å². The van der Waals surface area contributed by atoms with Gasteiger partial charge in [0.05, 0.1) is 36.6 Å². The van der Waals surface area contributed by atoms with Crippen LogP contribution in [-0.4, -0.2) is 26.3 Å². The number of hydrogen-bond donors (Lipinski definition) is 1. The molecule has 1 N–H and O–H groups in total. The monoisotopic (exact) mass is 598 g/mol. The van der Waals surface area contributed by atoms with Gasteiger partial charge in [-0.05, 0) is 53.1 Å². The number of rotatable bonds is 11. The molecule has 0 fully saturated rings. The van der Waals surface area contributed by atoms with E-state index in [1.165, 1.54) is 31.5 Å². The third kappa shape index (κ3) is 7.73. The summed E-state index contributed by atoms with van der Waals surface area (Å²) in [5.41, 5.74) is 2.72. The molecule has 0 saturated heterocycles. The number of alkyl halides is 3. The number of amides is 1. The smallest absolute Gasteiger partial charge is 0.417 e. The summed E-state index contributed by atoms with van der Waals surface area (Å²) in [4.78, 5) is 12.3. The molecule has 0 atom stereocenters. The molecule has 0 aliphatic heterocycles. The number of nitrogens with one attached hydrogen (secondary N) is 1. The molecule has 0 saturated carbocycles. The Morgan fingerprint density at radius 1 is 0.833 bits per heavy atom. The molecule has 0 unspecified atom stereocenters. The fourth-order valence-electron chi connectivity index (χ4n) is 3.92. The molecule has 11 heteroatoms. The van der Waals surface area contributed by atoms with Crippen molar-refractivity contribution in [1.82, 2.24) is 5.43 Å². The van der Waals surface area contributed by atoms with Crippen molar-refractivity contribution in [2.75, 3.05) is 14.2 Å². The summed E-state index contributed by atoms with van der Waals surface area (Å²) in [6.07, 6.45) is -3.46. The van der Waals surface area contributed by atoms with Gasteiger partial charge in [0, 0.05) is 0 Å². The molecule has 7 nitrogen and oxygen atoms in total. The zero-order chi connectivity index (χ0) is 30.1. The van der Waals surface area contributed by atoms with Gasteiger partial charge in [-0.1, -0.05) is 60.1 Å². The van der Waals surface area contributed by atoms with Gasteiger partial charge >= 0.3 is 6.18 Å². The van der Waals surface area contributed by atoms with Gasteiger partial charge in [0.1, 0.15) is 13.2 Å². The number of carbonyl (C=O) groups is 1. The number of benzene rings is 4. The largest absolute Gasteiger partial charge is 0.493 e. The van der Waals surface area contributed by atoms with E-state index in [1.54, 1.807) is 25.3 Å². The van der Waals surface area contributed by atoms with Gasteiger partial charge in [-0.3, -0.25) is 4.79 Å². The zero-order valence-electron chi connectivity index (χ0n) is 22.6. The summed E-state index contributed by atoms with van der Waals surface area (Å²) in [5.74, 6) is 0.661. The van der Waals surface area contributed by atoms with Crippen molar-refractivity contribution in [3.8, 4) is 23.0 Å². The predicted octanol–water partition coefficient (Wildman–Crippen LogP) is 7.30. The van der Waals surface area contributed by atoms with Crippen LogP contribution in [0.2, 0.25) is 5.02 Å². The molecule has 4 rings (SSSR count). The molecule has 0 aromatic heterocycles. The van der Waals surface area contributed by atoms with Gasteiger partial charge in [-0.25, -0.2) is 5.43 Å². The van der Waals surface area contributed by atoms with Crippen LogP contribution in [0.1, 0.15) is 32.6 Å².